The van der Waals surface area contributed by atoms with E-state index in [0.717, 1.165) is 37.8 Å². The second kappa shape index (κ2) is 8.24. The van der Waals surface area contributed by atoms with Crippen LogP contribution in [0.3, 0.4) is 0 Å². The molecule has 0 amide bonds. The molecule has 0 aliphatic heterocycles. The van der Waals surface area contributed by atoms with E-state index >= 15 is 0 Å². The molecule has 0 bridgehead atoms. The summed E-state index contributed by atoms with van der Waals surface area (Å²) in [5, 5.41) is 5.10. The van der Waals surface area contributed by atoms with Gasteiger partial charge in [-0.2, -0.15) is 0 Å². The molecule has 2 heterocycles. The first-order valence-corrected chi connectivity index (χ1v) is 10.9. The van der Waals surface area contributed by atoms with Crippen molar-refractivity contribution < 1.29 is 9.53 Å². The summed E-state index contributed by atoms with van der Waals surface area (Å²) in [6.45, 7) is 5.29. The monoisotopic (exact) mass is 437 g/mol. The fourth-order valence-corrected chi connectivity index (χ4v) is 4.45. The van der Waals surface area contributed by atoms with Crippen LogP contribution in [0.25, 0.3) is 32.1 Å². The van der Waals surface area contributed by atoms with Crippen LogP contribution in [0.15, 0.2) is 91.3 Å². The van der Waals surface area contributed by atoms with Gasteiger partial charge in [-0.1, -0.05) is 49.0 Å². The van der Waals surface area contributed by atoms with Gasteiger partial charge in [0, 0.05) is 27.4 Å². The van der Waals surface area contributed by atoms with Crippen molar-refractivity contribution in [2.24, 2.45) is 0 Å². The Kier molecular flexibility index (Phi) is 5.13. The number of esters is 1. The smallest absolute Gasteiger partial charge is 0.353 e. The summed E-state index contributed by atoms with van der Waals surface area (Å²) < 4.78 is 6.12. The molecule has 3 aromatic carbocycles. The largest absolute Gasteiger partial charge is 0.428 e. The SMILES string of the molecule is C=C(C)OC(=O)c1cc2c(ccc3cnc(Nc4cccc(-c5ccccc5)c4)nc32)s1. The van der Waals surface area contributed by atoms with Crippen molar-refractivity contribution in [3.05, 3.63) is 96.2 Å². The van der Waals surface area contributed by atoms with E-state index in [4.69, 9.17) is 9.72 Å². The van der Waals surface area contributed by atoms with Gasteiger partial charge >= 0.3 is 5.97 Å². The number of thiophene rings is 1. The molecule has 5 nitrogen and oxygen atoms in total. The first-order chi connectivity index (χ1) is 15.6. The van der Waals surface area contributed by atoms with Crippen LogP contribution in [0.4, 0.5) is 11.6 Å². The quantitative estimate of drug-likeness (QED) is 0.238. The van der Waals surface area contributed by atoms with Crippen LogP contribution in [0, 0.1) is 0 Å². The Morgan fingerprint density at radius 2 is 1.81 bits per heavy atom. The molecular formula is C26H19N3O2S. The summed E-state index contributed by atoms with van der Waals surface area (Å²) in [5.41, 5.74) is 3.93. The van der Waals surface area contributed by atoms with Gasteiger partial charge in [-0.15, -0.1) is 11.3 Å². The Balaban J connectivity index is 1.50. The number of fused-ring (bicyclic) bond motifs is 3. The number of anilines is 2. The van der Waals surface area contributed by atoms with Gasteiger partial charge in [-0.25, -0.2) is 14.8 Å². The fourth-order valence-electron chi connectivity index (χ4n) is 3.51. The summed E-state index contributed by atoms with van der Waals surface area (Å²) in [6.07, 6.45) is 1.79. The molecule has 6 heteroatoms. The van der Waals surface area contributed by atoms with Gasteiger partial charge < -0.3 is 10.1 Å². The minimum Gasteiger partial charge on any atom is -0.428 e. The molecule has 5 rings (SSSR count). The minimum absolute atomic E-state index is 0.365. The van der Waals surface area contributed by atoms with Crippen molar-refractivity contribution in [3.8, 4) is 11.1 Å². The lowest BCUT2D eigenvalue weighted by atomic mass is 10.1. The number of allylic oxidation sites excluding steroid dienone is 1. The average molecular weight is 438 g/mol. The van der Waals surface area contributed by atoms with Crippen LogP contribution in [-0.2, 0) is 4.74 Å². The number of carbonyl (C=O) groups excluding carboxylic acids is 1. The van der Waals surface area contributed by atoms with E-state index in [1.54, 1.807) is 13.1 Å². The third-order valence-electron chi connectivity index (χ3n) is 4.94. The normalized spacial score (nSPS) is 10.9. The van der Waals surface area contributed by atoms with Gasteiger partial charge in [-0.3, -0.25) is 0 Å². The molecular weight excluding hydrogens is 418 g/mol. The molecule has 32 heavy (non-hydrogen) atoms. The summed E-state index contributed by atoms with van der Waals surface area (Å²) in [6, 6.07) is 24.1. The topological polar surface area (TPSA) is 64.1 Å². The Morgan fingerprint density at radius 3 is 2.62 bits per heavy atom. The second-order valence-corrected chi connectivity index (χ2v) is 8.47. The number of nitrogens with zero attached hydrogens (tertiary/aromatic N) is 2. The lowest BCUT2D eigenvalue weighted by Crippen LogP contribution is -1.99. The molecule has 0 spiro atoms. The maximum atomic E-state index is 12.3. The molecule has 2 aromatic heterocycles. The minimum atomic E-state index is -0.406. The summed E-state index contributed by atoms with van der Waals surface area (Å²) in [4.78, 5) is 22.0. The van der Waals surface area contributed by atoms with Crippen molar-refractivity contribution in [1.82, 2.24) is 9.97 Å². The highest BCUT2D eigenvalue weighted by molar-refractivity contribution is 7.20. The Bertz CT molecular complexity index is 1480. The molecule has 0 aliphatic carbocycles. The van der Waals surface area contributed by atoms with Crippen LogP contribution in [-0.4, -0.2) is 15.9 Å². The number of carbonyl (C=O) groups is 1. The third-order valence-corrected chi connectivity index (χ3v) is 6.02. The van der Waals surface area contributed by atoms with Gasteiger partial charge in [0.05, 0.1) is 11.3 Å². The van der Waals surface area contributed by atoms with Crippen molar-refractivity contribution in [1.29, 1.82) is 0 Å². The molecule has 1 N–H and O–H groups in total. The highest BCUT2D eigenvalue weighted by Gasteiger charge is 2.15. The van der Waals surface area contributed by atoms with E-state index in [9.17, 15) is 4.79 Å². The van der Waals surface area contributed by atoms with Gasteiger partial charge in [0.2, 0.25) is 5.95 Å². The first kappa shape index (κ1) is 19.9. The van der Waals surface area contributed by atoms with E-state index in [-0.39, 0.29) is 0 Å². The molecule has 0 atom stereocenters. The van der Waals surface area contributed by atoms with E-state index < -0.39 is 5.97 Å². The van der Waals surface area contributed by atoms with Gasteiger partial charge in [0.25, 0.3) is 0 Å². The van der Waals surface area contributed by atoms with E-state index in [2.05, 4.69) is 41.1 Å². The third kappa shape index (κ3) is 3.96. The zero-order valence-corrected chi connectivity index (χ0v) is 18.1. The Hall–Kier alpha value is -4.03. The highest BCUT2D eigenvalue weighted by atomic mass is 32.1. The predicted octanol–water partition coefficient (Wildman–Crippen LogP) is 6.95. The highest BCUT2D eigenvalue weighted by Crippen LogP contribution is 2.32. The van der Waals surface area contributed by atoms with Crippen molar-refractivity contribution >= 4 is 49.9 Å². The number of aromatic nitrogens is 2. The number of nitrogens with one attached hydrogen (secondary N) is 1. The van der Waals surface area contributed by atoms with Crippen molar-refractivity contribution in [2.75, 3.05) is 5.32 Å². The predicted molar refractivity (Wildman–Crippen MR) is 130 cm³/mol. The summed E-state index contributed by atoms with van der Waals surface area (Å²) >= 11 is 1.38. The second-order valence-electron chi connectivity index (χ2n) is 7.38. The summed E-state index contributed by atoms with van der Waals surface area (Å²) in [5.74, 6) is 0.452. The van der Waals surface area contributed by atoms with Gasteiger partial charge in [0.1, 0.15) is 4.88 Å². The number of hydrogen-bond donors (Lipinski definition) is 1. The van der Waals surface area contributed by atoms with Crippen molar-refractivity contribution in [2.45, 2.75) is 6.92 Å². The fraction of sp³-hybridized carbons (Fsp3) is 0.0385. The standard InChI is InChI=1S/C26H19N3O2S/c1-16(2)31-25(30)23-14-21-22(32-23)12-11-19-15-27-26(29-24(19)21)28-20-10-6-9-18(13-20)17-7-4-3-5-8-17/h3-15H,1H2,2H3,(H,27,28,29). The molecule has 5 aromatic rings. The molecule has 0 saturated carbocycles. The van der Waals surface area contributed by atoms with Gasteiger partial charge in [0.15, 0.2) is 0 Å². The zero-order chi connectivity index (χ0) is 22.1. The lowest BCUT2D eigenvalue weighted by molar-refractivity contribution is 0.0633. The van der Waals surface area contributed by atoms with Crippen LogP contribution in [0.5, 0.6) is 0 Å². The number of rotatable bonds is 5. The lowest BCUT2D eigenvalue weighted by Gasteiger charge is -2.08. The van der Waals surface area contributed by atoms with Crippen LogP contribution in [0.1, 0.15) is 16.6 Å². The van der Waals surface area contributed by atoms with E-state index in [0.29, 0.717) is 16.6 Å². The maximum absolute atomic E-state index is 12.3. The molecule has 0 radical (unpaired) electrons. The molecule has 0 aliphatic rings. The van der Waals surface area contributed by atoms with Crippen LogP contribution in [0.2, 0.25) is 0 Å². The average Bonchev–Trinajstić information content (AvgIpc) is 3.25. The number of benzene rings is 3. The summed E-state index contributed by atoms with van der Waals surface area (Å²) in [7, 11) is 0. The zero-order valence-electron chi connectivity index (χ0n) is 17.3. The molecule has 156 valence electrons. The first-order valence-electron chi connectivity index (χ1n) is 10.1. The molecule has 0 fully saturated rings. The Labute approximate surface area is 189 Å². The Morgan fingerprint density at radius 1 is 1.00 bits per heavy atom. The molecule has 0 saturated heterocycles. The number of ether oxygens (including phenoxy) is 1. The molecule has 0 unspecified atom stereocenters. The maximum Gasteiger partial charge on any atom is 0.353 e. The van der Waals surface area contributed by atoms with Crippen molar-refractivity contribution in [3.63, 3.8) is 0 Å². The van der Waals surface area contributed by atoms with Crippen LogP contribution < -0.4 is 5.32 Å². The van der Waals surface area contributed by atoms with E-state index in [1.807, 2.05) is 48.5 Å². The van der Waals surface area contributed by atoms with E-state index in [1.165, 1.54) is 11.3 Å². The number of hydrogen-bond acceptors (Lipinski definition) is 6. The van der Waals surface area contributed by atoms with Gasteiger partial charge in [-0.05, 0) is 48.4 Å². The van der Waals surface area contributed by atoms with Crippen LogP contribution >= 0.6 is 11.3 Å².